The lowest BCUT2D eigenvalue weighted by Crippen LogP contribution is -2.26. The first kappa shape index (κ1) is 15.4. The average molecular weight is 332 g/mol. The Bertz CT molecular complexity index is 683. The first-order chi connectivity index (χ1) is 9.42. The molecule has 0 saturated heterocycles. The maximum Gasteiger partial charge on any atom is 0.242 e. The van der Waals surface area contributed by atoms with Gasteiger partial charge < -0.3 is 0 Å². The molecular formula is C12H14ClN3O2S2. The van der Waals surface area contributed by atoms with Crippen molar-refractivity contribution in [3.63, 3.8) is 0 Å². The number of nitrogens with one attached hydrogen (secondary N) is 1. The van der Waals surface area contributed by atoms with Gasteiger partial charge in [-0.05, 0) is 25.5 Å². The summed E-state index contributed by atoms with van der Waals surface area (Å²) in [5.74, 6) is 0. The van der Waals surface area contributed by atoms with E-state index >= 15 is 0 Å². The van der Waals surface area contributed by atoms with Gasteiger partial charge >= 0.3 is 0 Å². The second-order valence-electron chi connectivity index (χ2n) is 4.18. The second-order valence-corrected chi connectivity index (χ2v) is 7.43. The van der Waals surface area contributed by atoms with Crippen LogP contribution in [0.3, 0.4) is 0 Å². The van der Waals surface area contributed by atoms with E-state index in [1.54, 1.807) is 13.1 Å². The van der Waals surface area contributed by atoms with Gasteiger partial charge in [0.15, 0.2) is 0 Å². The van der Waals surface area contributed by atoms with Crippen LogP contribution in [0.25, 0.3) is 0 Å². The van der Waals surface area contributed by atoms with E-state index in [9.17, 15) is 8.42 Å². The van der Waals surface area contributed by atoms with E-state index < -0.39 is 10.0 Å². The molecule has 5 nitrogen and oxygen atoms in total. The number of aromatic nitrogens is 2. The van der Waals surface area contributed by atoms with Crippen LogP contribution in [-0.4, -0.2) is 18.4 Å². The van der Waals surface area contributed by atoms with Gasteiger partial charge in [0, 0.05) is 17.3 Å². The van der Waals surface area contributed by atoms with Gasteiger partial charge in [-0.3, -0.25) is 0 Å². The molecule has 1 N–H and O–H groups in total. The van der Waals surface area contributed by atoms with E-state index in [2.05, 4.69) is 14.7 Å². The van der Waals surface area contributed by atoms with Crippen LogP contribution in [-0.2, 0) is 16.4 Å². The van der Waals surface area contributed by atoms with Crippen LogP contribution in [0, 0.1) is 0 Å². The van der Waals surface area contributed by atoms with E-state index in [1.165, 1.54) is 29.7 Å². The molecule has 2 aromatic rings. The number of aryl methyl sites for hydroxylation is 1. The summed E-state index contributed by atoms with van der Waals surface area (Å²) in [6, 6.07) is 2.48. The summed E-state index contributed by atoms with van der Waals surface area (Å²) in [5.41, 5.74) is 0. The molecule has 0 aliphatic carbocycles. The Morgan fingerprint density at radius 3 is 2.65 bits per heavy atom. The van der Waals surface area contributed by atoms with Crippen molar-refractivity contribution in [1.82, 2.24) is 14.7 Å². The van der Waals surface area contributed by atoms with Gasteiger partial charge in [-0.25, -0.2) is 23.1 Å². The van der Waals surface area contributed by atoms with Crippen LogP contribution in [0.4, 0.5) is 0 Å². The molecule has 0 radical (unpaired) electrons. The normalized spacial score (nSPS) is 13.3. The number of hydrogen-bond acceptors (Lipinski definition) is 5. The van der Waals surface area contributed by atoms with Crippen molar-refractivity contribution in [2.24, 2.45) is 0 Å². The average Bonchev–Trinajstić information content (AvgIpc) is 2.87. The molecule has 0 saturated carbocycles. The molecule has 0 aliphatic heterocycles. The molecule has 1 unspecified atom stereocenters. The summed E-state index contributed by atoms with van der Waals surface area (Å²) >= 11 is 7.15. The van der Waals surface area contributed by atoms with E-state index in [0.29, 0.717) is 0 Å². The van der Waals surface area contributed by atoms with Crippen molar-refractivity contribution in [3.05, 3.63) is 39.6 Å². The maximum absolute atomic E-state index is 12.2. The smallest absolute Gasteiger partial charge is 0.242 e. The predicted molar refractivity (Wildman–Crippen MR) is 79.5 cm³/mol. The fraction of sp³-hybridized carbons (Fsp3) is 0.333. The van der Waals surface area contributed by atoms with Crippen LogP contribution >= 0.6 is 22.9 Å². The fourth-order valence-corrected chi connectivity index (χ4v) is 3.76. The largest absolute Gasteiger partial charge is 0.248 e. The van der Waals surface area contributed by atoms with E-state index in [1.807, 2.05) is 6.92 Å². The highest BCUT2D eigenvalue weighted by atomic mass is 35.5. The molecule has 0 amide bonds. The first-order valence-corrected chi connectivity index (χ1v) is 8.68. The number of hydrogen-bond donors (Lipinski definition) is 1. The molecule has 1 atom stereocenters. The van der Waals surface area contributed by atoms with Crippen molar-refractivity contribution in [2.45, 2.75) is 31.2 Å². The zero-order valence-electron chi connectivity index (χ0n) is 11.0. The molecule has 0 aromatic carbocycles. The van der Waals surface area contributed by atoms with Crippen molar-refractivity contribution in [3.8, 4) is 0 Å². The van der Waals surface area contributed by atoms with Gasteiger partial charge in [-0.15, -0.1) is 11.3 Å². The Morgan fingerprint density at radius 1 is 1.35 bits per heavy atom. The van der Waals surface area contributed by atoms with Crippen molar-refractivity contribution >= 4 is 33.0 Å². The van der Waals surface area contributed by atoms with Gasteiger partial charge in [0.25, 0.3) is 0 Å². The molecule has 20 heavy (non-hydrogen) atoms. The Morgan fingerprint density at radius 2 is 2.10 bits per heavy atom. The van der Waals surface area contributed by atoms with Crippen molar-refractivity contribution in [1.29, 1.82) is 0 Å². The molecule has 2 aromatic heterocycles. The summed E-state index contributed by atoms with van der Waals surface area (Å²) in [4.78, 5) is 9.22. The topological polar surface area (TPSA) is 72.0 Å². The molecule has 2 rings (SSSR count). The minimum absolute atomic E-state index is 0.0843. The number of rotatable bonds is 5. The van der Waals surface area contributed by atoms with Crippen molar-refractivity contribution < 1.29 is 8.42 Å². The van der Waals surface area contributed by atoms with Crippen LogP contribution in [0.5, 0.6) is 0 Å². The second kappa shape index (κ2) is 6.17. The highest BCUT2D eigenvalue weighted by Gasteiger charge is 2.20. The van der Waals surface area contributed by atoms with Crippen LogP contribution in [0.1, 0.15) is 29.8 Å². The third-order valence-electron chi connectivity index (χ3n) is 2.63. The minimum Gasteiger partial charge on any atom is -0.248 e. The van der Waals surface area contributed by atoms with Gasteiger partial charge in [0.1, 0.15) is 15.1 Å². The van der Waals surface area contributed by atoms with Crippen molar-refractivity contribution in [2.75, 3.05) is 0 Å². The maximum atomic E-state index is 12.2. The summed E-state index contributed by atoms with van der Waals surface area (Å²) in [6.07, 6.45) is 3.89. The molecule has 0 bridgehead atoms. The third kappa shape index (κ3) is 3.54. The highest BCUT2D eigenvalue weighted by Crippen LogP contribution is 2.22. The lowest BCUT2D eigenvalue weighted by molar-refractivity contribution is 0.566. The Labute approximate surface area is 127 Å². The SMILES string of the molecule is CCc1cnc(C(C)NS(=O)(=O)c2ccc(Cl)nc2)s1. The lowest BCUT2D eigenvalue weighted by Gasteiger charge is -2.11. The summed E-state index contributed by atoms with van der Waals surface area (Å²) in [5, 5.41) is 0.997. The Kier molecular flexibility index (Phi) is 4.74. The summed E-state index contributed by atoms with van der Waals surface area (Å²) in [7, 11) is -3.63. The third-order valence-corrected chi connectivity index (χ3v) is 5.71. The lowest BCUT2D eigenvalue weighted by atomic mass is 10.4. The molecule has 0 spiro atoms. The molecule has 8 heteroatoms. The number of nitrogens with zero attached hydrogens (tertiary/aromatic N) is 2. The monoisotopic (exact) mass is 331 g/mol. The molecule has 2 heterocycles. The Hall–Kier alpha value is -1.02. The van der Waals surface area contributed by atoms with E-state index in [4.69, 9.17) is 11.6 Å². The number of pyridine rings is 1. The quantitative estimate of drug-likeness (QED) is 0.855. The van der Waals surface area contributed by atoms with Crippen LogP contribution in [0.2, 0.25) is 5.15 Å². The van der Waals surface area contributed by atoms with E-state index in [-0.39, 0.29) is 16.1 Å². The van der Waals surface area contributed by atoms with Gasteiger partial charge in [-0.2, -0.15) is 0 Å². The predicted octanol–water partition coefficient (Wildman–Crippen LogP) is 2.79. The van der Waals surface area contributed by atoms with Crippen LogP contribution in [0.15, 0.2) is 29.4 Å². The van der Waals surface area contributed by atoms with Gasteiger partial charge in [0.05, 0.1) is 6.04 Å². The number of thiazole rings is 1. The molecule has 0 fully saturated rings. The van der Waals surface area contributed by atoms with Crippen LogP contribution < -0.4 is 4.72 Å². The van der Waals surface area contributed by atoms with Gasteiger partial charge in [0.2, 0.25) is 10.0 Å². The molecule has 0 aliphatic rings. The summed E-state index contributed by atoms with van der Waals surface area (Å²) < 4.78 is 27.0. The highest BCUT2D eigenvalue weighted by molar-refractivity contribution is 7.89. The van der Waals surface area contributed by atoms with Gasteiger partial charge in [-0.1, -0.05) is 18.5 Å². The molecular weight excluding hydrogens is 318 g/mol. The minimum atomic E-state index is -3.63. The fourth-order valence-electron chi connectivity index (χ4n) is 1.56. The first-order valence-electron chi connectivity index (χ1n) is 6.01. The Balaban J connectivity index is 2.17. The summed E-state index contributed by atoms with van der Waals surface area (Å²) in [6.45, 7) is 3.80. The standard InChI is InChI=1S/C12H14ClN3O2S2/c1-3-9-6-15-12(19-9)8(2)16-20(17,18)10-4-5-11(13)14-7-10/h4-8,16H,3H2,1-2H3. The zero-order chi connectivity index (χ0) is 14.8. The number of sulfonamides is 1. The zero-order valence-corrected chi connectivity index (χ0v) is 13.4. The van der Waals surface area contributed by atoms with E-state index in [0.717, 1.165) is 16.3 Å². The number of halogens is 1. The molecule has 108 valence electrons.